The smallest absolute Gasteiger partial charge is 0.155 e. The van der Waals surface area contributed by atoms with Crippen molar-refractivity contribution in [2.45, 2.75) is 20.4 Å². The van der Waals surface area contributed by atoms with Crippen molar-refractivity contribution in [2.24, 2.45) is 9.98 Å². The number of benzene rings is 7. The molecule has 0 fully saturated rings. The van der Waals surface area contributed by atoms with E-state index < -0.39 is 0 Å². The van der Waals surface area contributed by atoms with Gasteiger partial charge in [-0.3, -0.25) is 4.99 Å². The summed E-state index contributed by atoms with van der Waals surface area (Å²) in [5.41, 5.74) is 13.4. The SMILES string of the molecule is C=Cc1c(/C=C\C)c2c(ccc3c4ccccc4n(-c4ccccc4)c32)n1-c1ccc2oc3c(CN=C(N=C(C)c4ccccc4)c4ccccc4)cccc3c2c1. The molecule has 10 aromatic rings. The maximum absolute atomic E-state index is 6.66. The minimum Gasteiger partial charge on any atom is -0.456 e. The van der Waals surface area contributed by atoms with Gasteiger partial charge in [-0.1, -0.05) is 140 Å². The molecule has 7 aromatic carbocycles. The van der Waals surface area contributed by atoms with Crippen LogP contribution in [0.5, 0.6) is 0 Å². The van der Waals surface area contributed by atoms with E-state index in [1.54, 1.807) is 0 Å². The Labute approximate surface area is 336 Å². The van der Waals surface area contributed by atoms with Gasteiger partial charge in [0, 0.05) is 60.7 Å². The highest BCUT2D eigenvalue weighted by Gasteiger charge is 2.23. The number of hydrogen-bond donors (Lipinski definition) is 0. The van der Waals surface area contributed by atoms with Gasteiger partial charge in [-0.2, -0.15) is 0 Å². The van der Waals surface area contributed by atoms with Gasteiger partial charge in [-0.15, -0.1) is 0 Å². The number of hydrogen-bond acceptors (Lipinski definition) is 2. The minimum absolute atomic E-state index is 0.417. The van der Waals surface area contributed by atoms with Crippen molar-refractivity contribution in [1.82, 2.24) is 9.13 Å². The van der Waals surface area contributed by atoms with Gasteiger partial charge in [0.1, 0.15) is 11.2 Å². The Morgan fingerprint density at radius 1 is 0.638 bits per heavy atom. The monoisotopic (exact) mass is 748 g/mol. The van der Waals surface area contributed by atoms with Crippen LogP contribution in [0.1, 0.15) is 41.8 Å². The van der Waals surface area contributed by atoms with Crippen molar-refractivity contribution in [3.63, 3.8) is 0 Å². The highest BCUT2D eigenvalue weighted by molar-refractivity contribution is 6.21. The first-order valence-electron chi connectivity index (χ1n) is 19.7. The number of fused-ring (bicyclic) bond motifs is 8. The Kier molecular flexibility index (Phi) is 8.76. The fourth-order valence-electron chi connectivity index (χ4n) is 8.49. The lowest BCUT2D eigenvalue weighted by atomic mass is 10.1. The highest BCUT2D eigenvalue weighted by Crippen LogP contribution is 2.42. The van der Waals surface area contributed by atoms with Crippen molar-refractivity contribution in [2.75, 3.05) is 0 Å². The van der Waals surface area contributed by atoms with Crippen LogP contribution in [0, 0.1) is 0 Å². The first-order chi connectivity index (χ1) is 28.6. The molecule has 0 unspecified atom stereocenters. The largest absolute Gasteiger partial charge is 0.456 e. The number of rotatable bonds is 8. The van der Waals surface area contributed by atoms with Crippen molar-refractivity contribution in [3.05, 3.63) is 204 Å². The van der Waals surface area contributed by atoms with Crippen LogP contribution in [0.2, 0.25) is 0 Å². The number of aliphatic imine (C=N–C) groups is 2. The third-order valence-electron chi connectivity index (χ3n) is 11.1. The molecule has 0 spiro atoms. The number of para-hydroxylation sites is 3. The van der Waals surface area contributed by atoms with Gasteiger partial charge in [0.15, 0.2) is 5.84 Å². The number of allylic oxidation sites excluding steroid dienone is 1. The van der Waals surface area contributed by atoms with Crippen LogP contribution in [0.3, 0.4) is 0 Å². The van der Waals surface area contributed by atoms with Crippen molar-refractivity contribution in [3.8, 4) is 11.4 Å². The summed E-state index contributed by atoms with van der Waals surface area (Å²) in [6, 6.07) is 57.1. The van der Waals surface area contributed by atoms with E-state index in [0.717, 1.165) is 72.5 Å². The van der Waals surface area contributed by atoms with Crippen molar-refractivity contribution in [1.29, 1.82) is 0 Å². The lowest BCUT2D eigenvalue weighted by Crippen LogP contribution is -2.04. The Morgan fingerprint density at radius 3 is 2.10 bits per heavy atom. The normalized spacial score (nSPS) is 12.6. The second kappa shape index (κ2) is 14.5. The van der Waals surface area contributed by atoms with E-state index in [4.69, 9.17) is 14.4 Å². The van der Waals surface area contributed by atoms with Gasteiger partial charge >= 0.3 is 0 Å². The average molecular weight is 749 g/mol. The zero-order valence-electron chi connectivity index (χ0n) is 32.4. The minimum atomic E-state index is 0.417. The molecular weight excluding hydrogens is 709 g/mol. The molecule has 0 saturated carbocycles. The second-order valence-corrected chi connectivity index (χ2v) is 14.5. The van der Waals surface area contributed by atoms with E-state index >= 15 is 0 Å². The molecule has 0 aliphatic carbocycles. The molecule has 0 atom stereocenters. The van der Waals surface area contributed by atoms with Gasteiger partial charge in [0.05, 0.1) is 28.8 Å². The topological polar surface area (TPSA) is 47.7 Å². The molecule has 3 heterocycles. The lowest BCUT2D eigenvalue weighted by Gasteiger charge is -2.10. The van der Waals surface area contributed by atoms with Crippen LogP contribution in [0.15, 0.2) is 191 Å². The molecule has 5 heteroatoms. The van der Waals surface area contributed by atoms with Gasteiger partial charge < -0.3 is 13.6 Å². The van der Waals surface area contributed by atoms with E-state index in [0.29, 0.717) is 12.4 Å². The molecule has 0 aliphatic rings. The predicted octanol–water partition coefficient (Wildman–Crippen LogP) is 13.8. The summed E-state index contributed by atoms with van der Waals surface area (Å²) < 4.78 is 11.4. The Balaban J connectivity index is 1.14. The number of aromatic nitrogens is 2. The van der Waals surface area contributed by atoms with E-state index in [-0.39, 0.29) is 0 Å². The quantitative estimate of drug-likeness (QED) is 0.113. The van der Waals surface area contributed by atoms with Crippen LogP contribution < -0.4 is 0 Å². The third-order valence-corrected chi connectivity index (χ3v) is 11.1. The Hall–Kier alpha value is -7.50. The van der Waals surface area contributed by atoms with Crippen LogP contribution in [-0.4, -0.2) is 20.7 Å². The standard InChI is InChI=1S/C53H40N4O/c1-4-18-44-46(5-2)56(48-31-30-42-41-26-15-16-28-47(41)57(51(42)50(44)48)39-24-13-8-14-25-39)40-29-32-49-45(33-40)43-27-17-23-38(52(43)58-49)34-54-53(37-21-11-7-12-22-37)55-35(3)36-19-9-6-10-20-36/h4-33H,2,34H2,1,3H3/b18-4-,54-53?,55-35?. The molecule has 5 nitrogen and oxygen atoms in total. The zero-order valence-corrected chi connectivity index (χ0v) is 32.4. The van der Waals surface area contributed by atoms with Gasteiger partial charge in [0.25, 0.3) is 0 Å². The van der Waals surface area contributed by atoms with Crippen molar-refractivity contribution >= 4 is 78.3 Å². The molecule has 0 saturated heterocycles. The van der Waals surface area contributed by atoms with Gasteiger partial charge in [-0.25, -0.2) is 4.99 Å². The molecule has 0 bridgehead atoms. The van der Waals surface area contributed by atoms with E-state index in [2.05, 4.69) is 162 Å². The van der Waals surface area contributed by atoms with Crippen LogP contribution in [-0.2, 0) is 6.54 Å². The van der Waals surface area contributed by atoms with Crippen LogP contribution in [0.25, 0.3) is 78.2 Å². The summed E-state index contributed by atoms with van der Waals surface area (Å²) in [5.74, 6) is 0.686. The highest BCUT2D eigenvalue weighted by atomic mass is 16.3. The van der Waals surface area contributed by atoms with E-state index in [1.807, 2.05) is 49.4 Å². The number of furan rings is 1. The number of amidine groups is 1. The summed E-state index contributed by atoms with van der Waals surface area (Å²) in [5, 5.41) is 5.72. The summed E-state index contributed by atoms with van der Waals surface area (Å²) in [6.45, 7) is 8.89. The fourth-order valence-corrected chi connectivity index (χ4v) is 8.49. The van der Waals surface area contributed by atoms with Gasteiger partial charge in [-0.05, 0) is 68.0 Å². The first kappa shape index (κ1) is 35.0. The molecule has 0 amide bonds. The Bertz CT molecular complexity index is 3270. The molecule has 10 rings (SSSR count). The summed E-state index contributed by atoms with van der Waals surface area (Å²) in [7, 11) is 0. The molecule has 0 aliphatic heterocycles. The summed E-state index contributed by atoms with van der Waals surface area (Å²) in [6.07, 6.45) is 6.32. The second-order valence-electron chi connectivity index (χ2n) is 14.5. The fraction of sp³-hybridized carbons (Fsp3) is 0.0566. The van der Waals surface area contributed by atoms with Crippen LogP contribution >= 0.6 is 0 Å². The molecule has 278 valence electrons. The molecular formula is C53H40N4O. The molecule has 3 aromatic heterocycles. The van der Waals surface area contributed by atoms with E-state index in [9.17, 15) is 0 Å². The first-order valence-corrected chi connectivity index (χ1v) is 19.7. The number of nitrogens with zero attached hydrogens (tertiary/aromatic N) is 4. The Morgan fingerprint density at radius 2 is 1.34 bits per heavy atom. The molecule has 0 N–H and O–H groups in total. The average Bonchev–Trinajstić information content (AvgIpc) is 3.93. The van der Waals surface area contributed by atoms with Crippen LogP contribution in [0.4, 0.5) is 0 Å². The third kappa shape index (κ3) is 5.79. The maximum Gasteiger partial charge on any atom is 0.155 e. The molecule has 0 radical (unpaired) electrons. The predicted molar refractivity (Wildman–Crippen MR) is 245 cm³/mol. The summed E-state index contributed by atoms with van der Waals surface area (Å²) >= 11 is 0. The van der Waals surface area contributed by atoms with Gasteiger partial charge in [0.2, 0.25) is 0 Å². The lowest BCUT2D eigenvalue weighted by molar-refractivity contribution is 0.662. The maximum atomic E-state index is 6.66. The summed E-state index contributed by atoms with van der Waals surface area (Å²) in [4.78, 5) is 10.1. The van der Waals surface area contributed by atoms with E-state index in [1.165, 1.54) is 27.2 Å². The molecule has 58 heavy (non-hydrogen) atoms. The zero-order chi connectivity index (χ0) is 39.2. The van der Waals surface area contributed by atoms with Crippen molar-refractivity contribution < 1.29 is 4.42 Å².